The minimum atomic E-state index is -0.447. The van der Waals surface area contributed by atoms with Gasteiger partial charge in [0.25, 0.3) is 5.91 Å². The smallest absolute Gasteiger partial charge is 0.337 e. The molecule has 24 heavy (non-hydrogen) atoms. The Labute approximate surface area is 138 Å². The number of carbonyl (C=O) groups is 2. The second-order valence-corrected chi connectivity index (χ2v) is 6.00. The van der Waals surface area contributed by atoms with Crippen LogP contribution in [-0.2, 0) is 16.1 Å². The highest BCUT2D eigenvalue weighted by atomic mass is 16.5. The highest BCUT2D eigenvalue weighted by Crippen LogP contribution is 2.36. The van der Waals surface area contributed by atoms with Gasteiger partial charge in [-0.1, -0.05) is 0 Å². The van der Waals surface area contributed by atoms with Gasteiger partial charge in [0.05, 0.1) is 37.1 Å². The van der Waals surface area contributed by atoms with Crippen molar-refractivity contribution in [1.82, 2.24) is 9.78 Å². The summed E-state index contributed by atoms with van der Waals surface area (Å²) in [5.41, 5.74) is 1.91. The minimum Gasteiger partial charge on any atom is -0.482 e. The number of hydrogen-bond donors (Lipinski definition) is 0. The highest BCUT2D eigenvalue weighted by Gasteiger charge is 2.28. The molecule has 0 bridgehead atoms. The summed E-state index contributed by atoms with van der Waals surface area (Å²) in [5.74, 6) is -0.0159. The van der Waals surface area contributed by atoms with Crippen molar-refractivity contribution in [3.05, 3.63) is 41.7 Å². The maximum absolute atomic E-state index is 12.3. The van der Waals surface area contributed by atoms with E-state index in [1.807, 2.05) is 10.9 Å². The van der Waals surface area contributed by atoms with Crippen LogP contribution in [-0.4, -0.2) is 35.4 Å². The molecule has 1 aromatic heterocycles. The summed E-state index contributed by atoms with van der Waals surface area (Å²) in [6.07, 6.45) is 6.07. The van der Waals surface area contributed by atoms with E-state index < -0.39 is 5.97 Å². The molecule has 0 saturated heterocycles. The first-order chi connectivity index (χ1) is 11.7. The molecule has 1 fully saturated rings. The fourth-order valence-electron chi connectivity index (χ4n) is 2.80. The van der Waals surface area contributed by atoms with Gasteiger partial charge in [-0.15, -0.1) is 0 Å². The van der Waals surface area contributed by atoms with Gasteiger partial charge in [0, 0.05) is 11.8 Å². The first kappa shape index (κ1) is 14.7. The number of hydrogen-bond acceptors (Lipinski definition) is 5. The predicted molar refractivity (Wildman–Crippen MR) is 85.0 cm³/mol. The Hall–Kier alpha value is -2.83. The van der Waals surface area contributed by atoms with Crippen LogP contribution in [0.15, 0.2) is 30.6 Å². The van der Waals surface area contributed by atoms with E-state index in [9.17, 15) is 9.59 Å². The lowest BCUT2D eigenvalue weighted by Gasteiger charge is -2.29. The van der Waals surface area contributed by atoms with Crippen LogP contribution >= 0.6 is 0 Å². The van der Waals surface area contributed by atoms with E-state index in [0.717, 1.165) is 18.4 Å². The number of methoxy groups -OCH3 is 1. The number of carbonyl (C=O) groups excluding carboxylic acids is 2. The zero-order chi connectivity index (χ0) is 16.7. The second kappa shape index (κ2) is 5.67. The number of rotatable bonds is 4. The summed E-state index contributed by atoms with van der Waals surface area (Å²) in [6.45, 7) is 0.383. The summed E-state index contributed by atoms with van der Waals surface area (Å²) >= 11 is 0. The summed E-state index contributed by atoms with van der Waals surface area (Å²) in [4.78, 5) is 25.7. The van der Waals surface area contributed by atoms with Crippen molar-refractivity contribution in [2.45, 2.75) is 25.4 Å². The van der Waals surface area contributed by atoms with Crippen LogP contribution in [0, 0.1) is 0 Å². The Kier molecular flexibility index (Phi) is 3.48. The molecule has 2 aliphatic rings. The third kappa shape index (κ3) is 2.62. The first-order valence-corrected chi connectivity index (χ1v) is 7.84. The Morgan fingerprint density at radius 2 is 2.25 bits per heavy atom. The zero-order valence-electron chi connectivity index (χ0n) is 13.3. The molecule has 0 unspecified atom stereocenters. The van der Waals surface area contributed by atoms with E-state index in [4.69, 9.17) is 9.47 Å². The maximum Gasteiger partial charge on any atom is 0.337 e. The average molecular weight is 327 g/mol. The molecule has 2 aromatic rings. The van der Waals surface area contributed by atoms with Crippen molar-refractivity contribution < 1.29 is 19.1 Å². The van der Waals surface area contributed by atoms with Crippen molar-refractivity contribution in [2.75, 3.05) is 18.6 Å². The van der Waals surface area contributed by atoms with E-state index in [1.54, 1.807) is 29.3 Å². The molecule has 0 radical (unpaired) electrons. The van der Waals surface area contributed by atoms with Crippen LogP contribution < -0.4 is 9.64 Å². The molecule has 1 aliphatic carbocycles. The van der Waals surface area contributed by atoms with Crippen molar-refractivity contribution in [2.24, 2.45) is 0 Å². The van der Waals surface area contributed by atoms with E-state index in [1.165, 1.54) is 7.11 Å². The second-order valence-electron chi connectivity index (χ2n) is 6.00. The number of nitrogens with zero attached hydrogens (tertiary/aromatic N) is 3. The molecule has 7 nitrogen and oxygen atoms in total. The van der Waals surface area contributed by atoms with Crippen LogP contribution in [0.5, 0.6) is 5.75 Å². The Bertz CT molecular complexity index is 810. The number of anilines is 1. The van der Waals surface area contributed by atoms with Gasteiger partial charge >= 0.3 is 5.97 Å². The van der Waals surface area contributed by atoms with E-state index in [0.29, 0.717) is 29.6 Å². The Balaban J connectivity index is 1.64. The normalized spacial score (nSPS) is 16.5. The van der Waals surface area contributed by atoms with Crippen LogP contribution in [0.25, 0.3) is 0 Å². The number of benzene rings is 1. The molecule has 4 rings (SSSR count). The lowest BCUT2D eigenvalue weighted by molar-refractivity contribution is -0.121. The third-order valence-electron chi connectivity index (χ3n) is 4.24. The van der Waals surface area contributed by atoms with Gasteiger partial charge in [0.1, 0.15) is 5.75 Å². The van der Waals surface area contributed by atoms with Gasteiger partial charge in [-0.05, 0) is 31.0 Å². The number of esters is 1. The molecule has 1 aromatic carbocycles. The van der Waals surface area contributed by atoms with Crippen molar-refractivity contribution in [1.29, 1.82) is 0 Å². The molecule has 1 amide bonds. The molecular weight excluding hydrogens is 310 g/mol. The van der Waals surface area contributed by atoms with Crippen LogP contribution in [0.4, 0.5) is 5.69 Å². The molecule has 2 heterocycles. The molecular formula is C17H17N3O4. The molecule has 1 saturated carbocycles. The number of amides is 1. The fraction of sp³-hybridized carbons (Fsp3) is 0.353. The van der Waals surface area contributed by atoms with Crippen LogP contribution in [0.3, 0.4) is 0 Å². The lowest BCUT2D eigenvalue weighted by Crippen LogP contribution is -2.38. The number of fused-ring (bicyclic) bond motifs is 1. The van der Waals surface area contributed by atoms with Crippen LogP contribution in [0.1, 0.15) is 34.8 Å². The fourth-order valence-corrected chi connectivity index (χ4v) is 2.80. The standard InChI is InChI=1S/C17H17N3O4/c1-23-17(22)12-2-5-15-14(6-12)19(16(21)10-24-15)8-11-7-18-20(9-11)13-3-4-13/h2,5-7,9,13H,3-4,8,10H2,1H3. The Morgan fingerprint density at radius 1 is 1.42 bits per heavy atom. The van der Waals surface area contributed by atoms with Crippen molar-refractivity contribution >= 4 is 17.6 Å². The summed E-state index contributed by atoms with van der Waals surface area (Å²) in [7, 11) is 1.33. The maximum atomic E-state index is 12.3. The predicted octanol–water partition coefficient (Wildman–Crippen LogP) is 1.93. The minimum absolute atomic E-state index is 0.0126. The monoisotopic (exact) mass is 327 g/mol. The quantitative estimate of drug-likeness (QED) is 0.802. The molecule has 0 N–H and O–H groups in total. The SMILES string of the molecule is COC(=O)c1ccc2c(c1)N(Cc1cnn(C3CC3)c1)C(=O)CO2. The number of aromatic nitrogens is 2. The van der Waals surface area contributed by atoms with Gasteiger partial charge in [0.2, 0.25) is 0 Å². The van der Waals surface area contributed by atoms with E-state index in [-0.39, 0.29) is 12.5 Å². The lowest BCUT2D eigenvalue weighted by atomic mass is 10.1. The summed E-state index contributed by atoms with van der Waals surface area (Å²) in [5, 5.41) is 4.36. The van der Waals surface area contributed by atoms with Crippen molar-refractivity contribution in [3.63, 3.8) is 0 Å². The zero-order valence-corrected chi connectivity index (χ0v) is 13.3. The molecule has 0 spiro atoms. The van der Waals surface area contributed by atoms with Crippen molar-refractivity contribution in [3.8, 4) is 5.75 Å². The van der Waals surface area contributed by atoms with E-state index in [2.05, 4.69) is 5.10 Å². The van der Waals surface area contributed by atoms with E-state index >= 15 is 0 Å². The third-order valence-corrected chi connectivity index (χ3v) is 4.24. The van der Waals surface area contributed by atoms with Gasteiger partial charge in [0.15, 0.2) is 6.61 Å². The first-order valence-electron chi connectivity index (χ1n) is 7.84. The molecule has 1 aliphatic heterocycles. The van der Waals surface area contributed by atoms with Gasteiger partial charge < -0.3 is 14.4 Å². The molecule has 7 heteroatoms. The number of ether oxygens (including phenoxy) is 2. The van der Waals surface area contributed by atoms with Gasteiger partial charge in [-0.2, -0.15) is 5.10 Å². The summed E-state index contributed by atoms with van der Waals surface area (Å²) < 4.78 is 12.2. The molecule has 124 valence electrons. The molecule has 0 atom stereocenters. The largest absolute Gasteiger partial charge is 0.482 e. The van der Waals surface area contributed by atoms with Crippen LogP contribution in [0.2, 0.25) is 0 Å². The van der Waals surface area contributed by atoms with Gasteiger partial charge in [-0.3, -0.25) is 9.48 Å². The highest BCUT2D eigenvalue weighted by molar-refractivity contribution is 6.00. The Morgan fingerprint density at radius 3 is 3.00 bits per heavy atom. The average Bonchev–Trinajstić information content (AvgIpc) is 3.35. The topological polar surface area (TPSA) is 73.7 Å². The summed E-state index contributed by atoms with van der Waals surface area (Å²) in [6, 6.07) is 5.44. The van der Waals surface area contributed by atoms with Gasteiger partial charge in [-0.25, -0.2) is 4.79 Å².